The van der Waals surface area contributed by atoms with E-state index in [1.165, 1.54) is 0 Å². The predicted octanol–water partition coefficient (Wildman–Crippen LogP) is 3.10. The predicted molar refractivity (Wildman–Crippen MR) is 81.9 cm³/mol. The first-order valence-electron chi connectivity index (χ1n) is 6.54. The van der Waals surface area contributed by atoms with Crippen LogP contribution in [0.1, 0.15) is 32.3 Å². The summed E-state index contributed by atoms with van der Waals surface area (Å²) < 4.78 is 0.905. The lowest BCUT2D eigenvalue weighted by atomic mass is 9.94. The maximum Gasteiger partial charge on any atom is 0.225 e. The summed E-state index contributed by atoms with van der Waals surface area (Å²) in [5, 5.41) is 2.85. The number of rotatable bonds is 6. The molecule has 0 saturated heterocycles. The number of nitrogens with zero attached hydrogens (tertiary/aromatic N) is 1. The molecule has 5 heteroatoms. The van der Waals surface area contributed by atoms with Crippen LogP contribution >= 0.6 is 15.9 Å². The minimum Gasteiger partial charge on any atom is -0.330 e. The third-order valence-corrected chi connectivity index (χ3v) is 3.35. The average molecular weight is 328 g/mol. The third-order valence-electron chi connectivity index (χ3n) is 2.91. The Hall–Kier alpha value is -0.940. The molecule has 1 aromatic heterocycles. The summed E-state index contributed by atoms with van der Waals surface area (Å²) in [4.78, 5) is 16.2. The summed E-state index contributed by atoms with van der Waals surface area (Å²) in [5.74, 6) is 1.38. The van der Waals surface area contributed by atoms with Crippen LogP contribution in [0.3, 0.4) is 0 Å². The van der Waals surface area contributed by atoms with Gasteiger partial charge in [0.1, 0.15) is 5.82 Å². The van der Waals surface area contributed by atoms with E-state index >= 15 is 0 Å². The molecule has 1 heterocycles. The molecule has 0 spiro atoms. The van der Waals surface area contributed by atoms with E-state index in [4.69, 9.17) is 5.73 Å². The van der Waals surface area contributed by atoms with Crippen LogP contribution in [0.4, 0.5) is 5.82 Å². The molecule has 0 unspecified atom stereocenters. The van der Waals surface area contributed by atoms with Crippen LogP contribution in [0.2, 0.25) is 0 Å². The van der Waals surface area contributed by atoms with Crippen molar-refractivity contribution in [1.29, 1.82) is 0 Å². The molecule has 0 radical (unpaired) electrons. The highest BCUT2D eigenvalue weighted by Crippen LogP contribution is 2.19. The van der Waals surface area contributed by atoms with Gasteiger partial charge in [0.15, 0.2) is 0 Å². The fourth-order valence-electron chi connectivity index (χ4n) is 2.05. The molecular formula is C14H22BrN3O. The molecule has 3 N–H and O–H groups in total. The van der Waals surface area contributed by atoms with E-state index in [9.17, 15) is 4.79 Å². The quantitative estimate of drug-likeness (QED) is 0.843. The van der Waals surface area contributed by atoms with Crippen LogP contribution in [-0.4, -0.2) is 17.4 Å². The highest BCUT2D eigenvalue weighted by Gasteiger charge is 2.15. The SMILES string of the molecule is Cc1cc(Br)cnc1NC(=O)C[C@@H](CN)CC(C)C. The van der Waals surface area contributed by atoms with Crippen molar-refractivity contribution in [3.05, 3.63) is 22.3 Å². The lowest BCUT2D eigenvalue weighted by Gasteiger charge is -2.16. The van der Waals surface area contributed by atoms with Crippen LogP contribution < -0.4 is 11.1 Å². The fourth-order valence-corrected chi connectivity index (χ4v) is 2.49. The van der Waals surface area contributed by atoms with Gasteiger partial charge in [0.05, 0.1) is 0 Å². The van der Waals surface area contributed by atoms with Crippen LogP contribution in [0.15, 0.2) is 16.7 Å². The first-order chi connectivity index (χ1) is 8.92. The molecule has 0 aliphatic heterocycles. The molecule has 0 aliphatic carbocycles. The molecule has 0 aliphatic rings. The number of halogens is 1. The van der Waals surface area contributed by atoms with Gasteiger partial charge in [-0.15, -0.1) is 0 Å². The zero-order valence-corrected chi connectivity index (χ0v) is 13.3. The topological polar surface area (TPSA) is 68.0 Å². The largest absolute Gasteiger partial charge is 0.330 e. The van der Waals surface area contributed by atoms with Crippen LogP contribution in [0, 0.1) is 18.8 Å². The Bertz CT molecular complexity index is 435. The van der Waals surface area contributed by atoms with Crippen molar-refractivity contribution in [2.45, 2.75) is 33.6 Å². The number of aryl methyl sites for hydroxylation is 1. The zero-order valence-electron chi connectivity index (χ0n) is 11.7. The first kappa shape index (κ1) is 16.1. The van der Waals surface area contributed by atoms with Gasteiger partial charge < -0.3 is 11.1 Å². The van der Waals surface area contributed by atoms with Crippen molar-refractivity contribution < 1.29 is 4.79 Å². The Morgan fingerprint density at radius 1 is 1.53 bits per heavy atom. The second-order valence-electron chi connectivity index (χ2n) is 5.30. The second kappa shape index (κ2) is 7.60. The minimum absolute atomic E-state index is 0.0194. The van der Waals surface area contributed by atoms with E-state index in [0.29, 0.717) is 24.7 Å². The van der Waals surface area contributed by atoms with Gasteiger partial charge in [-0.05, 0) is 59.3 Å². The molecule has 1 rings (SSSR count). The van der Waals surface area contributed by atoms with Gasteiger partial charge in [-0.1, -0.05) is 13.8 Å². The van der Waals surface area contributed by atoms with E-state index in [1.54, 1.807) is 6.20 Å². The normalized spacial score (nSPS) is 12.5. The number of hydrogen-bond acceptors (Lipinski definition) is 3. The molecule has 1 atom stereocenters. The van der Waals surface area contributed by atoms with Crippen molar-refractivity contribution in [2.75, 3.05) is 11.9 Å². The molecule has 1 amide bonds. The van der Waals surface area contributed by atoms with Crippen molar-refractivity contribution in [3.8, 4) is 0 Å². The van der Waals surface area contributed by atoms with Crippen LogP contribution in [0.25, 0.3) is 0 Å². The molecule has 4 nitrogen and oxygen atoms in total. The highest BCUT2D eigenvalue weighted by atomic mass is 79.9. The fraction of sp³-hybridized carbons (Fsp3) is 0.571. The second-order valence-corrected chi connectivity index (χ2v) is 6.22. The number of pyridine rings is 1. The lowest BCUT2D eigenvalue weighted by molar-refractivity contribution is -0.117. The van der Waals surface area contributed by atoms with Crippen LogP contribution in [-0.2, 0) is 4.79 Å². The summed E-state index contributed by atoms with van der Waals surface area (Å²) >= 11 is 3.35. The molecule has 19 heavy (non-hydrogen) atoms. The monoisotopic (exact) mass is 327 g/mol. The van der Waals surface area contributed by atoms with Crippen LogP contribution in [0.5, 0.6) is 0 Å². The van der Waals surface area contributed by atoms with Gasteiger partial charge in [0.2, 0.25) is 5.91 Å². The average Bonchev–Trinajstić information content (AvgIpc) is 2.31. The number of nitrogens with one attached hydrogen (secondary N) is 1. The first-order valence-corrected chi connectivity index (χ1v) is 7.33. The molecule has 106 valence electrons. The summed E-state index contributed by atoms with van der Waals surface area (Å²) in [5.41, 5.74) is 6.65. The third kappa shape index (κ3) is 5.70. The Kier molecular flexibility index (Phi) is 6.45. The number of anilines is 1. The summed E-state index contributed by atoms with van der Waals surface area (Å²) in [6.45, 7) is 6.74. The smallest absolute Gasteiger partial charge is 0.225 e. The maximum absolute atomic E-state index is 12.0. The molecular weight excluding hydrogens is 306 g/mol. The van der Waals surface area contributed by atoms with Crippen molar-refractivity contribution in [3.63, 3.8) is 0 Å². The Morgan fingerprint density at radius 3 is 2.74 bits per heavy atom. The van der Waals surface area contributed by atoms with Gasteiger partial charge in [-0.25, -0.2) is 4.98 Å². The lowest BCUT2D eigenvalue weighted by Crippen LogP contribution is -2.24. The van der Waals surface area contributed by atoms with Gasteiger partial charge in [-0.3, -0.25) is 4.79 Å². The van der Waals surface area contributed by atoms with Crippen molar-refractivity contribution in [1.82, 2.24) is 4.98 Å². The van der Waals surface area contributed by atoms with Crippen molar-refractivity contribution >= 4 is 27.7 Å². The van der Waals surface area contributed by atoms with Gasteiger partial charge >= 0.3 is 0 Å². The van der Waals surface area contributed by atoms with E-state index in [2.05, 4.69) is 40.1 Å². The number of hydrogen-bond donors (Lipinski definition) is 2. The number of amides is 1. The number of nitrogens with two attached hydrogens (primary N) is 1. The molecule has 1 aromatic rings. The molecule has 0 aromatic carbocycles. The molecule has 0 bridgehead atoms. The molecule has 0 fully saturated rings. The standard InChI is InChI=1S/C14H22BrN3O/c1-9(2)4-11(7-16)6-13(19)18-14-10(3)5-12(15)8-17-14/h5,8-9,11H,4,6-7,16H2,1-3H3,(H,17,18,19)/t11-/m0/s1. The summed E-state index contributed by atoms with van der Waals surface area (Å²) in [6.07, 6.45) is 3.10. The minimum atomic E-state index is -0.0194. The summed E-state index contributed by atoms with van der Waals surface area (Å²) in [7, 11) is 0. The maximum atomic E-state index is 12.0. The van der Waals surface area contributed by atoms with Gasteiger partial charge in [-0.2, -0.15) is 0 Å². The number of carbonyl (C=O) groups is 1. The highest BCUT2D eigenvalue weighted by molar-refractivity contribution is 9.10. The summed E-state index contributed by atoms with van der Waals surface area (Å²) in [6, 6.07) is 1.93. The Balaban J connectivity index is 2.59. The number of carbonyl (C=O) groups excluding carboxylic acids is 1. The van der Waals surface area contributed by atoms with Gasteiger partial charge in [0.25, 0.3) is 0 Å². The number of aromatic nitrogens is 1. The van der Waals surface area contributed by atoms with E-state index in [1.807, 2.05) is 13.0 Å². The van der Waals surface area contributed by atoms with Crippen molar-refractivity contribution in [2.24, 2.45) is 17.6 Å². The molecule has 0 saturated carbocycles. The van der Waals surface area contributed by atoms with Gasteiger partial charge in [0, 0.05) is 17.1 Å². The van der Waals surface area contributed by atoms with E-state index in [0.717, 1.165) is 16.5 Å². The zero-order chi connectivity index (χ0) is 14.4. The Labute approximate surface area is 123 Å². The van der Waals surface area contributed by atoms with E-state index in [-0.39, 0.29) is 11.8 Å². The van der Waals surface area contributed by atoms with E-state index < -0.39 is 0 Å². The Morgan fingerprint density at radius 2 is 2.21 bits per heavy atom.